The molecule has 1 aliphatic rings. The minimum Gasteiger partial charge on any atom is -0.478 e. The summed E-state index contributed by atoms with van der Waals surface area (Å²) in [6, 6.07) is 10.1. The molecule has 144 valence electrons. The molecule has 2 aromatic rings. The van der Waals surface area contributed by atoms with Crippen molar-refractivity contribution in [1.82, 2.24) is 15.5 Å². The van der Waals surface area contributed by atoms with Crippen LogP contribution >= 0.6 is 0 Å². The van der Waals surface area contributed by atoms with Gasteiger partial charge in [0.2, 0.25) is 0 Å². The summed E-state index contributed by atoms with van der Waals surface area (Å²) >= 11 is 0. The maximum Gasteiger partial charge on any atom is 0.335 e. The molecule has 0 bridgehead atoms. The minimum atomic E-state index is -0.964. The molecule has 1 atom stereocenters. The van der Waals surface area contributed by atoms with Crippen LogP contribution in [0.3, 0.4) is 0 Å². The van der Waals surface area contributed by atoms with Crippen molar-refractivity contribution in [2.75, 3.05) is 19.6 Å². The molecule has 3 rings (SSSR count). The van der Waals surface area contributed by atoms with Gasteiger partial charge in [-0.05, 0) is 62.7 Å². The Bertz CT molecular complexity index is 779. The van der Waals surface area contributed by atoms with Gasteiger partial charge in [-0.15, -0.1) is 0 Å². The molecule has 1 aliphatic heterocycles. The van der Waals surface area contributed by atoms with Crippen molar-refractivity contribution in [2.45, 2.75) is 32.4 Å². The van der Waals surface area contributed by atoms with Crippen molar-refractivity contribution >= 4 is 12.0 Å². The first-order chi connectivity index (χ1) is 13.0. The molecular weight excluding hydrogens is 346 g/mol. The number of furan rings is 1. The van der Waals surface area contributed by atoms with Crippen LogP contribution in [0.15, 0.2) is 40.8 Å². The van der Waals surface area contributed by atoms with E-state index in [0.29, 0.717) is 13.1 Å². The van der Waals surface area contributed by atoms with Crippen molar-refractivity contribution in [1.29, 1.82) is 0 Å². The van der Waals surface area contributed by atoms with Gasteiger partial charge in [-0.25, -0.2) is 9.59 Å². The summed E-state index contributed by atoms with van der Waals surface area (Å²) in [5.74, 6) is 0.774. The highest BCUT2D eigenvalue weighted by Gasteiger charge is 2.26. The molecule has 7 nitrogen and oxygen atoms in total. The molecule has 1 aromatic carbocycles. The number of nitrogens with one attached hydrogen (secondary N) is 2. The van der Waals surface area contributed by atoms with Gasteiger partial charge in [0.15, 0.2) is 0 Å². The molecule has 1 unspecified atom stereocenters. The lowest BCUT2D eigenvalue weighted by atomic mass is 10.1. The lowest BCUT2D eigenvalue weighted by Gasteiger charge is -2.26. The highest BCUT2D eigenvalue weighted by molar-refractivity contribution is 5.87. The van der Waals surface area contributed by atoms with Crippen LogP contribution in [0.5, 0.6) is 0 Å². The fourth-order valence-corrected chi connectivity index (χ4v) is 3.29. The van der Waals surface area contributed by atoms with E-state index in [-0.39, 0.29) is 17.6 Å². The second-order valence-electron chi connectivity index (χ2n) is 6.77. The first kappa shape index (κ1) is 19.0. The fourth-order valence-electron chi connectivity index (χ4n) is 3.29. The van der Waals surface area contributed by atoms with Gasteiger partial charge in [0, 0.05) is 13.1 Å². The monoisotopic (exact) mass is 371 g/mol. The van der Waals surface area contributed by atoms with Gasteiger partial charge in [0.25, 0.3) is 0 Å². The van der Waals surface area contributed by atoms with Gasteiger partial charge < -0.3 is 20.2 Å². The summed E-state index contributed by atoms with van der Waals surface area (Å²) in [4.78, 5) is 25.4. The van der Waals surface area contributed by atoms with E-state index in [0.717, 1.165) is 43.0 Å². The Kier molecular flexibility index (Phi) is 6.13. The van der Waals surface area contributed by atoms with Crippen LogP contribution in [0.2, 0.25) is 0 Å². The van der Waals surface area contributed by atoms with Gasteiger partial charge in [-0.1, -0.05) is 12.1 Å². The standard InChI is InChI=1S/C20H25N3O4/c1-14-4-9-18(27-14)17(23-10-2-3-11-23)13-22-20(26)21-12-15-5-7-16(8-6-15)19(24)25/h4-9,17H,2-3,10-13H2,1H3,(H,24,25)(H2,21,22,26). The van der Waals surface area contributed by atoms with Crippen molar-refractivity contribution in [3.8, 4) is 0 Å². The molecule has 1 fully saturated rings. The SMILES string of the molecule is Cc1ccc(C(CNC(=O)NCc2ccc(C(=O)O)cc2)N2CCCC2)o1. The number of carboxylic acid groups (broad SMARTS) is 1. The number of carbonyl (C=O) groups excluding carboxylic acids is 1. The third-order valence-corrected chi connectivity index (χ3v) is 4.78. The number of hydrogen-bond acceptors (Lipinski definition) is 4. The Balaban J connectivity index is 1.52. The van der Waals surface area contributed by atoms with Crippen LogP contribution < -0.4 is 10.6 Å². The van der Waals surface area contributed by atoms with Crippen LogP contribution in [0.25, 0.3) is 0 Å². The van der Waals surface area contributed by atoms with Crippen molar-refractivity contribution < 1.29 is 19.1 Å². The van der Waals surface area contributed by atoms with E-state index in [2.05, 4.69) is 15.5 Å². The molecule has 27 heavy (non-hydrogen) atoms. The van der Waals surface area contributed by atoms with Crippen LogP contribution in [0.1, 0.15) is 46.3 Å². The van der Waals surface area contributed by atoms with E-state index in [9.17, 15) is 9.59 Å². The third-order valence-electron chi connectivity index (χ3n) is 4.78. The van der Waals surface area contributed by atoms with Gasteiger partial charge in [-0.3, -0.25) is 4.90 Å². The summed E-state index contributed by atoms with van der Waals surface area (Å²) in [6.45, 7) is 4.73. The Labute approximate surface area is 158 Å². The number of urea groups is 1. The summed E-state index contributed by atoms with van der Waals surface area (Å²) < 4.78 is 5.79. The van der Waals surface area contributed by atoms with Crippen LogP contribution in [-0.2, 0) is 6.54 Å². The first-order valence-corrected chi connectivity index (χ1v) is 9.17. The maximum atomic E-state index is 12.2. The van der Waals surface area contributed by atoms with Crippen LogP contribution in [-0.4, -0.2) is 41.6 Å². The second kappa shape index (κ2) is 8.73. The smallest absolute Gasteiger partial charge is 0.335 e. The molecule has 7 heteroatoms. The Morgan fingerprint density at radius 2 is 1.81 bits per heavy atom. The molecular formula is C20H25N3O4. The number of amides is 2. The largest absolute Gasteiger partial charge is 0.478 e. The zero-order valence-electron chi connectivity index (χ0n) is 15.4. The lowest BCUT2D eigenvalue weighted by Crippen LogP contribution is -2.41. The Morgan fingerprint density at radius 3 is 2.41 bits per heavy atom. The zero-order chi connectivity index (χ0) is 19.2. The fraction of sp³-hybridized carbons (Fsp3) is 0.400. The van der Waals surface area contributed by atoms with Crippen molar-refractivity contribution in [3.05, 3.63) is 59.0 Å². The Hall–Kier alpha value is -2.80. The number of likely N-dealkylation sites (tertiary alicyclic amines) is 1. The molecule has 0 saturated carbocycles. The molecule has 2 amide bonds. The average molecular weight is 371 g/mol. The van der Waals surface area contributed by atoms with Gasteiger partial charge >= 0.3 is 12.0 Å². The minimum absolute atomic E-state index is 0.0294. The number of carbonyl (C=O) groups is 2. The van der Waals surface area contributed by atoms with E-state index < -0.39 is 5.97 Å². The van der Waals surface area contributed by atoms with E-state index in [1.165, 1.54) is 12.1 Å². The first-order valence-electron chi connectivity index (χ1n) is 9.17. The van der Waals surface area contributed by atoms with Crippen molar-refractivity contribution in [2.24, 2.45) is 0 Å². The second-order valence-corrected chi connectivity index (χ2v) is 6.77. The van der Waals surface area contributed by atoms with Crippen LogP contribution in [0, 0.1) is 6.92 Å². The van der Waals surface area contributed by atoms with Crippen LogP contribution in [0.4, 0.5) is 4.79 Å². The quantitative estimate of drug-likeness (QED) is 0.696. The summed E-state index contributed by atoms with van der Waals surface area (Å²) in [5, 5.41) is 14.6. The molecule has 1 aromatic heterocycles. The molecule has 0 radical (unpaired) electrons. The third kappa shape index (κ3) is 5.10. The number of nitrogens with zero attached hydrogens (tertiary/aromatic N) is 1. The molecule has 3 N–H and O–H groups in total. The zero-order valence-corrected chi connectivity index (χ0v) is 15.4. The predicted octanol–water partition coefficient (Wildman–Crippen LogP) is 2.92. The van der Waals surface area contributed by atoms with E-state index >= 15 is 0 Å². The van der Waals surface area contributed by atoms with E-state index in [4.69, 9.17) is 9.52 Å². The number of carboxylic acids is 1. The van der Waals surface area contributed by atoms with E-state index in [1.54, 1.807) is 12.1 Å². The number of aryl methyl sites for hydroxylation is 1. The highest BCUT2D eigenvalue weighted by atomic mass is 16.4. The highest BCUT2D eigenvalue weighted by Crippen LogP contribution is 2.26. The van der Waals surface area contributed by atoms with Gasteiger partial charge in [0.05, 0.1) is 11.6 Å². The van der Waals surface area contributed by atoms with Crippen molar-refractivity contribution in [3.63, 3.8) is 0 Å². The number of aromatic carboxylic acids is 1. The summed E-state index contributed by atoms with van der Waals surface area (Å²) in [7, 11) is 0. The number of hydrogen-bond donors (Lipinski definition) is 3. The molecule has 0 aliphatic carbocycles. The lowest BCUT2D eigenvalue weighted by molar-refractivity contribution is 0.0697. The summed E-state index contributed by atoms with van der Waals surface area (Å²) in [5.41, 5.74) is 1.07. The molecule has 0 spiro atoms. The Morgan fingerprint density at radius 1 is 1.11 bits per heavy atom. The molecule has 2 heterocycles. The van der Waals surface area contributed by atoms with Gasteiger partial charge in [0.1, 0.15) is 11.5 Å². The predicted molar refractivity (Wildman–Crippen MR) is 101 cm³/mol. The normalized spacial score (nSPS) is 15.4. The number of rotatable bonds is 7. The van der Waals surface area contributed by atoms with E-state index in [1.807, 2.05) is 19.1 Å². The maximum absolute atomic E-state index is 12.2. The average Bonchev–Trinajstić information content (AvgIpc) is 3.33. The summed E-state index contributed by atoms with van der Waals surface area (Å²) in [6.07, 6.45) is 2.32. The molecule has 1 saturated heterocycles. The topological polar surface area (TPSA) is 94.8 Å². The number of benzene rings is 1. The van der Waals surface area contributed by atoms with Gasteiger partial charge in [-0.2, -0.15) is 0 Å².